The van der Waals surface area contributed by atoms with Gasteiger partial charge in [-0.1, -0.05) is 17.7 Å². The molecular formula is C23H31ClF3N3O3. The maximum atomic E-state index is 12.7. The lowest BCUT2D eigenvalue weighted by atomic mass is 9.78. The second kappa shape index (κ2) is 9.88. The molecule has 1 unspecified atom stereocenters. The number of benzene rings is 1. The summed E-state index contributed by atoms with van der Waals surface area (Å²) in [5.41, 5.74) is 2.31. The van der Waals surface area contributed by atoms with E-state index in [-0.39, 0.29) is 5.41 Å². The van der Waals surface area contributed by atoms with E-state index in [0.717, 1.165) is 75.2 Å². The number of carbonyl (C=O) groups excluding carboxylic acids is 1. The molecule has 3 saturated heterocycles. The molecule has 0 aliphatic carbocycles. The molecule has 3 aliphatic rings. The maximum absolute atomic E-state index is 12.7. The number of hydrogen-bond donors (Lipinski definition) is 0. The Morgan fingerprint density at radius 2 is 1.82 bits per heavy atom. The van der Waals surface area contributed by atoms with Gasteiger partial charge in [0.1, 0.15) is 0 Å². The summed E-state index contributed by atoms with van der Waals surface area (Å²) in [6, 6.07) is 6.25. The number of carbonyl (C=O) groups is 1. The van der Waals surface area contributed by atoms with Crippen LogP contribution in [0, 0.1) is 5.41 Å². The number of morpholine rings is 1. The lowest BCUT2D eigenvalue weighted by molar-refractivity contribution is -0.200. The van der Waals surface area contributed by atoms with Crippen LogP contribution < -0.4 is 4.90 Å². The second-order valence-electron chi connectivity index (χ2n) is 9.40. The Kier molecular flexibility index (Phi) is 7.31. The van der Waals surface area contributed by atoms with Gasteiger partial charge in [0.15, 0.2) is 6.10 Å². The summed E-state index contributed by atoms with van der Waals surface area (Å²) in [6.07, 6.45) is -4.94. The summed E-state index contributed by atoms with van der Waals surface area (Å²) in [5.74, 6) is 0. The molecule has 1 atom stereocenters. The summed E-state index contributed by atoms with van der Waals surface area (Å²) in [5, 5.41) is 0.753. The Morgan fingerprint density at radius 1 is 1.15 bits per heavy atom. The van der Waals surface area contributed by atoms with Crippen LogP contribution in [0.15, 0.2) is 18.2 Å². The largest absolute Gasteiger partial charge is 0.437 e. The Morgan fingerprint density at radius 3 is 2.45 bits per heavy atom. The highest BCUT2D eigenvalue weighted by Gasteiger charge is 2.43. The van der Waals surface area contributed by atoms with Crippen LogP contribution in [0.4, 0.5) is 23.7 Å². The fraction of sp³-hybridized carbons (Fsp3) is 0.696. The molecule has 6 nitrogen and oxygen atoms in total. The van der Waals surface area contributed by atoms with Crippen LogP contribution in [0.2, 0.25) is 5.02 Å². The molecule has 1 spiro atoms. The number of anilines is 1. The number of ether oxygens (including phenoxy) is 2. The molecule has 184 valence electrons. The summed E-state index contributed by atoms with van der Waals surface area (Å²) in [6.45, 7) is 7.50. The predicted molar refractivity (Wildman–Crippen MR) is 120 cm³/mol. The highest BCUT2D eigenvalue weighted by atomic mass is 35.5. The molecule has 0 bridgehead atoms. The van der Waals surface area contributed by atoms with Gasteiger partial charge >= 0.3 is 12.3 Å². The van der Waals surface area contributed by atoms with Gasteiger partial charge < -0.3 is 19.3 Å². The molecule has 1 aromatic carbocycles. The summed E-state index contributed by atoms with van der Waals surface area (Å²) >= 11 is 6.58. The van der Waals surface area contributed by atoms with Gasteiger partial charge in [-0.2, -0.15) is 13.2 Å². The zero-order valence-electron chi connectivity index (χ0n) is 18.9. The molecule has 10 heteroatoms. The van der Waals surface area contributed by atoms with Gasteiger partial charge in [0, 0.05) is 39.3 Å². The number of rotatable bonds is 4. The van der Waals surface area contributed by atoms with Crippen LogP contribution in [0.5, 0.6) is 0 Å². The summed E-state index contributed by atoms with van der Waals surface area (Å²) in [7, 11) is 0. The van der Waals surface area contributed by atoms with Crippen molar-refractivity contribution in [3.05, 3.63) is 28.8 Å². The topological polar surface area (TPSA) is 45.2 Å². The third-order valence-corrected chi connectivity index (χ3v) is 7.41. The van der Waals surface area contributed by atoms with E-state index in [1.165, 1.54) is 4.90 Å². The van der Waals surface area contributed by atoms with Crippen LogP contribution in [0.3, 0.4) is 0 Å². The smallest absolute Gasteiger partial charge is 0.425 e. The van der Waals surface area contributed by atoms with Gasteiger partial charge in [0.05, 0.1) is 23.9 Å². The number of amides is 1. The van der Waals surface area contributed by atoms with Crippen molar-refractivity contribution in [1.29, 1.82) is 0 Å². The predicted octanol–water partition coefficient (Wildman–Crippen LogP) is 4.55. The van der Waals surface area contributed by atoms with Crippen molar-refractivity contribution in [1.82, 2.24) is 9.80 Å². The standard InChI is InChI=1S/C23H31ClF3N3O3/c1-17(23(25,26)27)33-21(31)30-8-5-22(6-9-30)4-7-28(16-22)15-18-2-3-20(19(24)14-18)29-10-12-32-13-11-29/h2-3,14,17H,4-13,15-16H2,1H3. The number of likely N-dealkylation sites (tertiary alicyclic amines) is 2. The van der Waals surface area contributed by atoms with Crippen molar-refractivity contribution in [3.63, 3.8) is 0 Å². The van der Waals surface area contributed by atoms with E-state index in [1.807, 2.05) is 6.07 Å². The van der Waals surface area contributed by atoms with Crippen LogP contribution >= 0.6 is 11.6 Å². The molecule has 0 saturated carbocycles. The van der Waals surface area contributed by atoms with E-state index in [4.69, 9.17) is 16.3 Å². The average molecular weight is 490 g/mol. The molecular weight excluding hydrogens is 459 g/mol. The second-order valence-corrected chi connectivity index (χ2v) is 9.81. The van der Waals surface area contributed by atoms with E-state index < -0.39 is 18.4 Å². The Bertz CT molecular complexity index is 840. The molecule has 0 radical (unpaired) electrons. The minimum absolute atomic E-state index is 0.101. The van der Waals surface area contributed by atoms with Crippen LogP contribution in [0.25, 0.3) is 0 Å². The quantitative estimate of drug-likeness (QED) is 0.621. The lowest BCUT2D eigenvalue weighted by Crippen LogP contribution is -2.46. The van der Waals surface area contributed by atoms with Gasteiger partial charge in [0.2, 0.25) is 0 Å². The third kappa shape index (κ3) is 5.87. The highest BCUT2D eigenvalue weighted by molar-refractivity contribution is 6.33. The zero-order chi connectivity index (χ0) is 23.6. The molecule has 3 heterocycles. The van der Waals surface area contributed by atoms with E-state index in [1.54, 1.807) is 0 Å². The molecule has 33 heavy (non-hydrogen) atoms. The molecule has 0 N–H and O–H groups in total. The van der Waals surface area contributed by atoms with Crippen LogP contribution in [-0.2, 0) is 16.0 Å². The van der Waals surface area contributed by atoms with Gasteiger partial charge in [-0.25, -0.2) is 4.79 Å². The number of nitrogens with zero attached hydrogens (tertiary/aromatic N) is 3. The fourth-order valence-corrected chi connectivity index (χ4v) is 5.32. The van der Waals surface area contributed by atoms with E-state index in [0.29, 0.717) is 26.3 Å². The molecule has 0 aromatic heterocycles. The first kappa shape index (κ1) is 24.4. The molecule has 1 amide bonds. The average Bonchev–Trinajstić information content (AvgIpc) is 3.16. The number of hydrogen-bond acceptors (Lipinski definition) is 5. The monoisotopic (exact) mass is 489 g/mol. The van der Waals surface area contributed by atoms with Crippen molar-refractivity contribution < 1.29 is 27.4 Å². The molecule has 1 aromatic rings. The van der Waals surface area contributed by atoms with Gasteiger partial charge in [-0.05, 0) is 55.8 Å². The van der Waals surface area contributed by atoms with Gasteiger partial charge in [-0.15, -0.1) is 0 Å². The zero-order valence-corrected chi connectivity index (χ0v) is 19.6. The first-order chi connectivity index (χ1) is 15.7. The minimum atomic E-state index is -4.54. The van der Waals surface area contributed by atoms with E-state index in [2.05, 4.69) is 26.7 Å². The first-order valence-electron chi connectivity index (χ1n) is 11.5. The SMILES string of the molecule is CC(OC(=O)N1CCC2(CCN(Cc3ccc(N4CCOCC4)c(Cl)c3)C2)CC1)C(F)(F)F. The van der Waals surface area contributed by atoms with Crippen LogP contribution in [0.1, 0.15) is 31.7 Å². The van der Waals surface area contributed by atoms with Crippen molar-refractivity contribution in [3.8, 4) is 0 Å². The highest BCUT2D eigenvalue weighted by Crippen LogP contribution is 2.41. The van der Waals surface area contributed by atoms with Crippen molar-refractivity contribution in [2.75, 3.05) is 57.4 Å². The summed E-state index contributed by atoms with van der Waals surface area (Å²) < 4.78 is 48.0. The van der Waals surface area contributed by atoms with Crippen molar-refractivity contribution in [2.24, 2.45) is 5.41 Å². The third-order valence-electron chi connectivity index (χ3n) is 7.11. The van der Waals surface area contributed by atoms with E-state index >= 15 is 0 Å². The van der Waals surface area contributed by atoms with E-state index in [9.17, 15) is 18.0 Å². The fourth-order valence-electron chi connectivity index (χ4n) is 4.99. The van der Waals surface area contributed by atoms with Crippen molar-refractivity contribution >= 4 is 23.4 Å². The normalized spacial score (nSPS) is 22.6. The van der Waals surface area contributed by atoms with Gasteiger partial charge in [-0.3, -0.25) is 4.90 Å². The molecule has 4 rings (SSSR count). The minimum Gasteiger partial charge on any atom is -0.437 e. The van der Waals surface area contributed by atoms with Crippen molar-refractivity contribution in [2.45, 2.75) is 45.0 Å². The molecule has 3 aliphatic heterocycles. The maximum Gasteiger partial charge on any atom is 0.425 e. The Hall–Kier alpha value is -1.71. The number of alkyl halides is 3. The number of piperidine rings is 1. The Balaban J connectivity index is 1.27. The van der Waals surface area contributed by atoms with Crippen LogP contribution in [-0.4, -0.2) is 80.7 Å². The van der Waals surface area contributed by atoms with Gasteiger partial charge in [0.25, 0.3) is 0 Å². The summed E-state index contributed by atoms with van der Waals surface area (Å²) in [4.78, 5) is 18.2. The first-order valence-corrected chi connectivity index (χ1v) is 11.9. The Labute approximate surface area is 197 Å². The molecule has 3 fully saturated rings. The lowest BCUT2D eigenvalue weighted by Gasteiger charge is -2.39. The number of halogens is 4.